The van der Waals surface area contributed by atoms with Gasteiger partial charge in [0, 0.05) is 6.20 Å². The summed E-state index contributed by atoms with van der Waals surface area (Å²) in [5.41, 5.74) is 0.471. The lowest BCUT2D eigenvalue weighted by atomic mass is 10.2. The molecule has 0 saturated heterocycles. The van der Waals surface area contributed by atoms with Crippen molar-refractivity contribution in [3.63, 3.8) is 0 Å². The number of imidazole rings is 1. The maximum Gasteiger partial charge on any atom is 0.237 e. The van der Waals surface area contributed by atoms with Gasteiger partial charge in [0.05, 0.1) is 22.7 Å². The first-order valence-electron chi connectivity index (χ1n) is 7.00. The van der Waals surface area contributed by atoms with E-state index in [0.29, 0.717) is 5.16 Å². The Morgan fingerprint density at radius 2 is 2.00 bits per heavy atom. The highest BCUT2D eigenvalue weighted by Gasteiger charge is 2.20. The summed E-state index contributed by atoms with van der Waals surface area (Å²) in [6, 6.07) is 7.31. The van der Waals surface area contributed by atoms with Gasteiger partial charge in [0.25, 0.3) is 0 Å². The predicted octanol–water partition coefficient (Wildman–Crippen LogP) is 3.87. The van der Waals surface area contributed by atoms with Crippen LogP contribution in [0.4, 0.5) is 18.9 Å². The van der Waals surface area contributed by atoms with Crippen molar-refractivity contribution in [3.05, 3.63) is 60.2 Å². The number of hydrogen-bond acceptors (Lipinski definition) is 3. The first kappa shape index (κ1) is 16.4. The van der Waals surface area contributed by atoms with Crippen LogP contribution in [0, 0.1) is 17.5 Å². The van der Waals surface area contributed by atoms with Gasteiger partial charge in [-0.2, -0.15) is 0 Å². The molecule has 0 radical (unpaired) electrons. The topological polar surface area (TPSA) is 46.4 Å². The summed E-state index contributed by atoms with van der Waals surface area (Å²) in [4.78, 5) is 16.4. The van der Waals surface area contributed by atoms with Gasteiger partial charge < -0.3 is 5.32 Å². The third-order valence-corrected chi connectivity index (χ3v) is 4.43. The summed E-state index contributed by atoms with van der Waals surface area (Å²) < 4.78 is 41.5. The number of anilines is 1. The number of pyridine rings is 1. The van der Waals surface area contributed by atoms with E-state index in [9.17, 15) is 18.0 Å². The maximum atomic E-state index is 13.6. The van der Waals surface area contributed by atoms with Crippen LogP contribution < -0.4 is 5.32 Å². The van der Waals surface area contributed by atoms with Crippen molar-refractivity contribution in [2.24, 2.45) is 0 Å². The monoisotopic (exact) mass is 351 g/mol. The van der Waals surface area contributed by atoms with Crippen molar-refractivity contribution >= 4 is 28.9 Å². The minimum Gasteiger partial charge on any atom is -0.323 e. The molecule has 2 heterocycles. The lowest BCUT2D eigenvalue weighted by Gasteiger charge is -2.12. The number of amides is 1. The highest BCUT2D eigenvalue weighted by Crippen LogP contribution is 2.25. The molecule has 1 aromatic carbocycles. The van der Waals surface area contributed by atoms with Crippen molar-refractivity contribution < 1.29 is 18.0 Å². The lowest BCUT2D eigenvalue weighted by molar-refractivity contribution is -0.115. The Hall–Kier alpha value is -2.48. The molecule has 3 rings (SSSR count). The van der Waals surface area contributed by atoms with E-state index in [4.69, 9.17) is 0 Å². The summed E-state index contributed by atoms with van der Waals surface area (Å²) in [7, 11) is 0. The van der Waals surface area contributed by atoms with Gasteiger partial charge in [-0.05, 0) is 31.2 Å². The van der Waals surface area contributed by atoms with E-state index < -0.39 is 34.3 Å². The standard InChI is InChI=1S/C16H12F3N3OS/c1-9(24-16-20-8-10-4-2-3-7-22(10)16)15(23)21-12-6-5-11(17)13(18)14(12)19/h2-9H,1H3,(H,21,23). The molecule has 0 bridgehead atoms. The molecule has 0 spiro atoms. The number of halogens is 3. The van der Waals surface area contributed by atoms with Crippen LogP contribution in [0.5, 0.6) is 0 Å². The summed E-state index contributed by atoms with van der Waals surface area (Å²) in [6.07, 6.45) is 3.48. The Bertz CT molecular complexity index is 913. The van der Waals surface area contributed by atoms with E-state index in [1.807, 2.05) is 28.8 Å². The average Bonchev–Trinajstić information content (AvgIpc) is 2.98. The predicted molar refractivity (Wildman–Crippen MR) is 85.5 cm³/mol. The van der Waals surface area contributed by atoms with Gasteiger partial charge in [0.15, 0.2) is 22.6 Å². The Labute approximate surface area is 139 Å². The van der Waals surface area contributed by atoms with E-state index in [1.54, 1.807) is 13.1 Å². The van der Waals surface area contributed by atoms with Crippen LogP contribution in [0.15, 0.2) is 47.9 Å². The number of rotatable bonds is 4. The molecule has 8 heteroatoms. The second kappa shape index (κ2) is 6.56. The molecule has 0 aliphatic rings. The normalized spacial score (nSPS) is 12.3. The number of aromatic nitrogens is 2. The van der Waals surface area contributed by atoms with Gasteiger partial charge in [-0.15, -0.1) is 0 Å². The zero-order valence-electron chi connectivity index (χ0n) is 12.5. The Morgan fingerprint density at radius 1 is 1.21 bits per heavy atom. The fourth-order valence-corrected chi connectivity index (χ4v) is 2.95. The van der Waals surface area contributed by atoms with Crippen molar-refractivity contribution in [1.29, 1.82) is 0 Å². The summed E-state index contributed by atoms with van der Waals surface area (Å²) in [5.74, 6) is -4.89. The van der Waals surface area contributed by atoms with Gasteiger partial charge in [-0.25, -0.2) is 18.2 Å². The fourth-order valence-electron chi connectivity index (χ4n) is 2.07. The van der Waals surface area contributed by atoms with E-state index in [1.165, 1.54) is 11.8 Å². The highest BCUT2D eigenvalue weighted by molar-refractivity contribution is 8.00. The molecule has 3 aromatic rings. The number of nitrogens with one attached hydrogen (secondary N) is 1. The third kappa shape index (κ3) is 3.09. The SMILES string of the molecule is CC(Sc1ncc2ccccn12)C(=O)Nc1ccc(F)c(F)c1F. The molecule has 1 amide bonds. The van der Waals surface area contributed by atoms with Crippen LogP contribution >= 0.6 is 11.8 Å². The van der Waals surface area contributed by atoms with Crippen LogP contribution in [0.2, 0.25) is 0 Å². The third-order valence-electron chi connectivity index (χ3n) is 3.35. The number of thioether (sulfide) groups is 1. The Morgan fingerprint density at radius 3 is 2.79 bits per heavy atom. The molecule has 1 unspecified atom stereocenters. The second-order valence-corrected chi connectivity index (χ2v) is 6.32. The molecule has 4 nitrogen and oxygen atoms in total. The minimum atomic E-state index is -1.62. The van der Waals surface area contributed by atoms with Crippen LogP contribution in [0.3, 0.4) is 0 Å². The maximum absolute atomic E-state index is 13.6. The molecule has 1 atom stereocenters. The quantitative estimate of drug-likeness (QED) is 0.573. The van der Waals surface area contributed by atoms with Gasteiger partial charge in [-0.1, -0.05) is 17.8 Å². The summed E-state index contributed by atoms with van der Waals surface area (Å²) >= 11 is 1.17. The molecule has 2 aromatic heterocycles. The van der Waals surface area contributed by atoms with E-state index in [-0.39, 0.29) is 0 Å². The fraction of sp³-hybridized carbons (Fsp3) is 0.125. The van der Waals surface area contributed by atoms with E-state index in [2.05, 4.69) is 10.3 Å². The van der Waals surface area contributed by atoms with Gasteiger partial charge >= 0.3 is 0 Å². The molecular weight excluding hydrogens is 339 g/mol. The van der Waals surface area contributed by atoms with Crippen LogP contribution in [0.1, 0.15) is 6.92 Å². The molecular formula is C16H12F3N3OS. The number of hydrogen-bond donors (Lipinski definition) is 1. The van der Waals surface area contributed by atoms with E-state index in [0.717, 1.165) is 17.6 Å². The lowest BCUT2D eigenvalue weighted by Crippen LogP contribution is -2.23. The molecule has 24 heavy (non-hydrogen) atoms. The van der Waals surface area contributed by atoms with Crippen molar-refractivity contribution in [2.75, 3.05) is 5.32 Å². The molecule has 1 N–H and O–H groups in total. The van der Waals surface area contributed by atoms with Crippen molar-refractivity contribution in [2.45, 2.75) is 17.3 Å². The number of carbonyl (C=O) groups excluding carboxylic acids is 1. The average molecular weight is 351 g/mol. The highest BCUT2D eigenvalue weighted by atomic mass is 32.2. The second-order valence-electron chi connectivity index (χ2n) is 5.01. The molecule has 0 aliphatic carbocycles. The largest absolute Gasteiger partial charge is 0.323 e. The van der Waals surface area contributed by atoms with Crippen LogP contribution in [0.25, 0.3) is 5.52 Å². The Balaban J connectivity index is 1.75. The number of fused-ring (bicyclic) bond motifs is 1. The van der Waals surface area contributed by atoms with Crippen LogP contribution in [-0.2, 0) is 4.79 Å². The van der Waals surface area contributed by atoms with Crippen molar-refractivity contribution in [3.8, 4) is 0 Å². The smallest absolute Gasteiger partial charge is 0.237 e. The number of benzene rings is 1. The van der Waals surface area contributed by atoms with E-state index >= 15 is 0 Å². The van der Waals surface area contributed by atoms with Crippen molar-refractivity contribution in [1.82, 2.24) is 9.38 Å². The number of nitrogens with zero attached hydrogens (tertiary/aromatic N) is 2. The summed E-state index contributed by atoms with van der Waals surface area (Å²) in [5, 5.41) is 2.23. The van der Waals surface area contributed by atoms with Gasteiger partial charge in [-0.3, -0.25) is 9.20 Å². The number of carbonyl (C=O) groups is 1. The molecule has 0 aliphatic heterocycles. The summed E-state index contributed by atoms with van der Waals surface area (Å²) in [6.45, 7) is 1.61. The molecule has 0 saturated carbocycles. The Kier molecular flexibility index (Phi) is 4.48. The minimum absolute atomic E-state index is 0.403. The first-order valence-corrected chi connectivity index (χ1v) is 7.88. The molecule has 124 valence electrons. The van der Waals surface area contributed by atoms with Gasteiger partial charge in [0.2, 0.25) is 5.91 Å². The van der Waals surface area contributed by atoms with Crippen LogP contribution in [-0.4, -0.2) is 20.5 Å². The van der Waals surface area contributed by atoms with Gasteiger partial charge in [0.1, 0.15) is 0 Å². The zero-order valence-corrected chi connectivity index (χ0v) is 13.3. The molecule has 0 fully saturated rings. The first-order chi connectivity index (χ1) is 11.5. The zero-order chi connectivity index (χ0) is 17.3.